The number of hydrogen-bond acceptors (Lipinski definition) is 3. The lowest BCUT2D eigenvalue weighted by Gasteiger charge is -1.95. The average molecular weight is 278 g/mol. The van der Waals surface area contributed by atoms with Crippen LogP contribution in [0.4, 0.5) is 0 Å². The van der Waals surface area contributed by atoms with Crippen molar-refractivity contribution in [2.75, 3.05) is 0 Å². The largest absolute Gasteiger partial charge is 0.244 e. The van der Waals surface area contributed by atoms with Crippen molar-refractivity contribution in [2.24, 2.45) is 0 Å². The van der Waals surface area contributed by atoms with Gasteiger partial charge in [-0.1, -0.05) is 29.8 Å². The summed E-state index contributed by atoms with van der Waals surface area (Å²) in [4.78, 5) is 6.93. The summed E-state index contributed by atoms with van der Waals surface area (Å²) in [5, 5.41) is 3.87. The van der Waals surface area contributed by atoms with Gasteiger partial charge < -0.3 is 0 Å². The molecule has 0 unspecified atom stereocenters. The predicted molar refractivity (Wildman–Crippen MR) is 75.9 cm³/mol. The second kappa shape index (κ2) is 4.61. The number of benzene rings is 1. The molecule has 1 aromatic carbocycles. The molecule has 0 saturated heterocycles. The van der Waals surface area contributed by atoms with Gasteiger partial charge in [0.25, 0.3) is 0 Å². The molecule has 0 aliphatic carbocycles. The Hall–Kier alpha value is -1.16. The number of aromatic nitrogens is 1. The van der Waals surface area contributed by atoms with Gasteiger partial charge in [0.1, 0.15) is 5.01 Å². The third-order valence-electron chi connectivity index (χ3n) is 2.36. The van der Waals surface area contributed by atoms with Gasteiger partial charge in [0, 0.05) is 21.7 Å². The van der Waals surface area contributed by atoms with Crippen LogP contribution in [0.5, 0.6) is 0 Å². The number of halogens is 1. The summed E-state index contributed by atoms with van der Waals surface area (Å²) in [7, 11) is 0. The third-order valence-corrected chi connectivity index (χ3v) is 4.72. The molecule has 3 aromatic rings. The van der Waals surface area contributed by atoms with Gasteiger partial charge in [-0.25, -0.2) is 4.98 Å². The van der Waals surface area contributed by atoms with Crippen LogP contribution in [0.3, 0.4) is 0 Å². The van der Waals surface area contributed by atoms with E-state index in [0.29, 0.717) is 0 Å². The monoisotopic (exact) mass is 277 g/mol. The molecule has 0 radical (unpaired) electrons. The predicted octanol–water partition coefficient (Wildman–Crippen LogP) is 5.19. The molecule has 0 amide bonds. The zero-order chi connectivity index (χ0) is 11.7. The number of rotatable bonds is 2. The second-order valence-electron chi connectivity index (χ2n) is 3.51. The standard InChI is InChI=1S/C13H8ClNS2/c14-10-5-3-9(4-6-10)13-15-8-12(17-13)11-2-1-7-16-11/h1-8H. The van der Waals surface area contributed by atoms with E-state index in [0.717, 1.165) is 15.6 Å². The normalized spacial score (nSPS) is 10.6. The molecule has 3 rings (SSSR count). The van der Waals surface area contributed by atoms with Crippen LogP contribution in [0.1, 0.15) is 0 Å². The molecular weight excluding hydrogens is 270 g/mol. The molecular formula is C13H8ClNS2. The topological polar surface area (TPSA) is 12.9 Å². The molecule has 0 bridgehead atoms. The number of nitrogens with zero attached hydrogens (tertiary/aromatic N) is 1. The van der Waals surface area contributed by atoms with Crippen LogP contribution < -0.4 is 0 Å². The number of thiazole rings is 1. The van der Waals surface area contributed by atoms with Gasteiger partial charge in [-0.15, -0.1) is 22.7 Å². The molecule has 84 valence electrons. The fraction of sp³-hybridized carbons (Fsp3) is 0. The molecule has 0 fully saturated rings. The zero-order valence-electron chi connectivity index (χ0n) is 8.76. The highest BCUT2D eigenvalue weighted by Crippen LogP contribution is 2.34. The van der Waals surface area contributed by atoms with Crippen molar-refractivity contribution >= 4 is 34.3 Å². The van der Waals surface area contributed by atoms with Crippen LogP contribution in [0.2, 0.25) is 5.02 Å². The van der Waals surface area contributed by atoms with E-state index in [1.165, 1.54) is 9.75 Å². The number of thiophene rings is 1. The van der Waals surface area contributed by atoms with E-state index in [2.05, 4.69) is 22.5 Å². The van der Waals surface area contributed by atoms with Crippen molar-refractivity contribution in [3.05, 3.63) is 53.0 Å². The van der Waals surface area contributed by atoms with Crippen molar-refractivity contribution in [1.82, 2.24) is 4.98 Å². The zero-order valence-corrected chi connectivity index (χ0v) is 11.1. The summed E-state index contributed by atoms with van der Waals surface area (Å²) in [6, 6.07) is 12.0. The van der Waals surface area contributed by atoms with Gasteiger partial charge >= 0.3 is 0 Å². The van der Waals surface area contributed by atoms with E-state index >= 15 is 0 Å². The SMILES string of the molecule is Clc1ccc(-c2ncc(-c3cccs3)s2)cc1. The van der Waals surface area contributed by atoms with E-state index < -0.39 is 0 Å². The third kappa shape index (κ3) is 2.27. The lowest BCUT2D eigenvalue weighted by atomic mass is 10.2. The maximum absolute atomic E-state index is 5.87. The molecule has 0 atom stereocenters. The lowest BCUT2D eigenvalue weighted by Crippen LogP contribution is -1.73. The molecule has 17 heavy (non-hydrogen) atoms. The molecule has 0 spiro atoms. The first kappa shape index (κ1) is 11.0. The van der Waals surface area contributed by atoms with Gasteiger partial charge in [0.15, 0.2) is 0 Å². The van der Waals surface area contributed by atoms with Gasteiger partial charge in [0.2, 0.25) is 0 Å². The van der Waals surface area contributed by atoms with Gasteiger partial charge in [0.05, 0.1) is 4.88 Å². The quantitative estimate of drug-likeness (QED) is 0.628. The van der Waals surface area contributed by atoms with Crippen LogP contribution in [0.15, 0.2) is 48.0 Å². The maximum atomic E-state index is 5.87. The van der Waals surface area contributed by atoms with E-state index in [1.807, 2.05) is 30.5 Å². The average Bonchev–Trinajstić information content (AvgIpc) is 3.00. The summed E-state index contributed by atoms with van der Waals surface area (Å²) in [6.45, 7) is 0. The lowest BCUT2D eigenvalue weighted by molar-refractivity contribution is 1.42. The van der Waals surface area contributed by atoms with Crippen LogP contribution >= 0.6 is 34.3 Å². The van der Waals surface area contributed by atoms with Crippen molar-refractivity contribution < 1.29 is 0 Å². The van der Waals surface area contributed by atoms with Crippen LogP contribution in [-0.2, 0) is 0 Å². The van der Waals surface area contributed by atoms with E-state index in [4.69, 9.17) is 11.6 Å². The smallest absolute Gasteiger partial charge is 0.123 e. The van der Waals surface area contributed by atoms with Gasteiger partial charge in [-0.3, -0.25) is 0 Å². The first-order valence-electron chi connectivity index (χ1n) is 5.08. The molecule has 2 aromatic heterocycles. The van der Waals surface area contributed by atoms with Crippen molar-refractivity contribution in [3.63, 3.8) is 0 Å². The fourth-order valence-electron chi connectivity index (χ4n) is 1.53. The molecule has 0 aliphatic heterocycles. The van der Waals surface area contributed by atoms with Crippen molar-refractivity contribution in [3.8, 4) is 20.3 Å². The Labute approximate surface area is 112 Å². The Bertz CT molecular complexity index is 611. The molecule has 0 saturated carbocycles. The Morgan fingerprint density at radius 2 is 1.82 bits per heavy atom. The first-order valence-corrected chi connectivity index (χ1v) is 7.16. The van der Waals surface area contributed by atoms with Gasteiger partial charge in [-0.05, 0) is 23.6 Å². The van der Waals surface area contributed by atoms with E-state index in [-0.39, 0.29) is 0 Å². The molecule has 1 nitrogen and oxygen atoms in total. The van der Waals surface area contributed by atoms with Crippen LogP contribution in [-0.4, -0.2) is 4.98 Å². The number of hydrogen-bond donors (Lipinski definition) is 0. The molecule has 0 aliphatic rings. The Balaban J connectivity index is 1.98. The Kier molecular flexibility index (Phi) is 2.97. The summed E-state index contributed by atoms with van der Waals surface area (Å²) >= 11 is 9.31. The minimum absolute atomic E-state index is 0.754. The van der Waals surface area contributed by atoms with E-state index in [9.17, 15) is 0 Å². The maximum Gasteiger partial charge on any atom is 0.123 e. The Morgan fingerprint density at radius 1 is 1.00 bits per heavy atom. The fourth-order valence-corrected chi connectivity index (χ4v) is 3.40. The van der Waals surface area contributed by atoms with Crippen LogP contribution in [0.25, 0.3) is 20.3 Å². The summed E-state index contributed by atoms with van der Waals surface area (Å²) < 4.78 is 0. The minimum Gasteiger partial charge on any atom is -0.244 e. The van der Waals surface area contributed by atoms with Crippen molar-refractivity contribution in [1.29, 1.82) is 0 Å². The van der Waals surface area contributed by atoms with Crippen LogP contribution in [0, 0.1) is 0 Å². The molecule has 2 heterocycles. The first-order chi connectivity index (χ1) is 8.33. The highest BCUT2D eigenvalue weighted by molar-refractivity contribution is 7.22. The Morgan fingerprint density at radius 3 is 2.53 bits per heavy atom. The summed E-state index contributed by atoms with van der Waals surface area (Å²) in [5.41, 5.74) is 1.11. The molecule has 0 N–H and O–H groups in total. The van der Waals surface area contributed by atoms with Gasteiger partial charge in [-0.2, -0.15) is 0 Å². The molecule has 4 heteroatoms. The van der Waals surface area contributed by atoms with E-state index in [1.54, 1.807) is 22.7 Å². The van der Waals surface area contributed by atoms with Crippen molar-refractivity contribution in [2.45, 2.75) is 0 Å². The highest BCUT2D eigenvalue weighted by atomic mass is 35.5. The second-order valence-corrected chi connectivity index (χ2v) is 5.93. The minimum atomic E-state index is 0.754. The highest BCUT2D eigenvalue weighted by Gasteiger charge is 2.06. The summed E-state index contributed by atoms with van der Waals surface area (Å²) in [6.07, 6.45) is 1.93. The summed E-state index contributed by atoms with van der Waals surface area (Å²) in [5.74, 6) is 0.